The number of aromatic nitrogens is 1. The zero-order valence-corrected chi connectivity index (χ0v) is 14.3. The van der Waals surface area contributed by atoms with E-state index in [0.717, 1.165) is 17.3 Å². The van der Waals surface area contributed by atoms with Crippen LogP contribution in [0.15, 0.2) is 30.3 Å². The number of hydrogen-bond donors (Lipinski definition) is 4. The smallest absolute Gasteiger partial charge is 0.268 e. The fraction of sp³-hybridized carbons (Fsp3) is 0.444. The monoisotopic (exact) mass is 331 g/mol. The molecule has 1 aromatic carbocycles. The molecule has 2 atom stereocenters. The predicted molar refractivity (Wildman–Crippen MR) is 93.7 cm³/mol. The summed E-state index contributed by atoms with van der Waals surface area (Å²) in [6.45, 7) is 6.13. The lowest BCUT2D eigenvalue weighted by molar-refractivity contribution is -0.125. The molecule has 0 radical (unpaired) electrons. The molecule has 2 aromatic rings. The van der Waals surface area contributed by atoms with Gasteiger partial charge in [0.15, 0.2) is 0 Å². The lowest BCUT2D eigenvalue weighted by atomic mass is 10.1. The number of hydrogen-bond acceptors (Lipinski definition) is 3. The van der Waals surface area contributed by atoms with Crippen molar-refractivity contribution < 1.29 is 14.7 Å². The average Bonchev–Trinajstić information content (AvgIpc) is 2.95. The molecule has 130 valence electrons. The number of carbonyl (C=O) groups is 2. The first-order valence-electron chi connectivity index (χ1n) is 8.23. The van der Waals surface area contributed by atoms with Crippen LogP contribution in [0.25, 0.3) is 10.9 Å². The fourth-order valence-electron chi connectivity index (χ4n) is 2.41. The van der Waals surface area contributed by atoms with Crippen molar-refractivity contribution in [1.29, 1.82) is 0 Å². The van der Waals surface area contributed by atoms with E-state index in [1.807, 2.05) is 24.3 Å². The van der Waals surface area contributed by atoms with Crippen LogP contribution in [0.4, 0.5) is 0 Å². The summed E-state index contributed by atoms with van der Waals surface area (Å²) in [4.78, 5) is 27.6. The van der Waals surface area contributed by atoms with Crippen LogP contribution in [0, 0.1) is 5.92 Å². The molecule has 4 N–H and O–H groups in total. The molecule has 0 saturated carbocycles. The molecule has 0 aliphatic heterocycles. The summed E-state index contributed by atoms with van der Waals surface area (Å²) in [7, 11) is 0. The maximum Gasteiger partial charge on any atom is 0.268 e. The van der Waals surface area contributed by atoms with Gasteiger partial charge in [-0.05, 0) is 31.4 Å². The van der Waals surface area contributed by atoms with Gasteiger partial charge >= 0.3 is 0 Å². The first-order chi connectivity index (χ1) is 11.4. The van der Waals surface area contributed by atoms with Gasteiger partial charge in [-0.3, -0.25) is 9.59 Å². The molecular formula is C18H25N3O3. The van der Waals surface area contributed by atoms with Crippen LogP contribution in [-0.4, -0.2) is 40.6 Å². The third-order valence-electron chi connectivity index (χ3n) is 3.85. The maximum absolute atomic E-state index is 12.4. The molecule has 6 nitrogen and oxygen atoms in total. The van der Waals surface area contributed by atoms with Gasteiger partial charge in [-0.2, -0.15) is 0 Å². The molecule has 0 aliphatic rings. The molecule has 2 amide bonds. The number of benzene rings is 1. The fourth-order valence-corrected chi connectivity index (χ4v) is 2.41. The van der Waals surface area contributed by atoms with Gasteiger partial charge in [-0.15, -0.1) is 0 Å². The standard InChI is InChI=1S/C18H25N3O3/c1-11(2)8-9-19-18(24)16(12(3)22)21-17(23)15-10-13-6-4-5-7-14(13)20-15/h4-7,10-12,16,20,22H,8-9H2,1-3H3,(H,19,24)(H,21,23)/t12-,16+/m1/s1. The van der Waals surface area contributed by atoms with Gasteiger partial charge in [0.1, 0.15) is 11.7 Å². The molecule has 0 unspecified atom stereocenters. The molecule has 6 heteroatoms. The van der Waals surface area contributed by atoms with Gasteiger partial charge in [0, 0.05) is 17.4 Å². The minimum atomic E-state index is -0.990. The van der Waals surface area contributed by atoms with Crippen LogP contribution in [0.1, 0.15) is 37.7 Å². The van der Waals surface area contributed by atoms with E-state index in [1.54, 1.807) is 6.07 Å². The highest BCUT2D eigenvalue weighted by Gasteiger charge is 2.26. The zero-order valence-electron chi connectivity index (χ0n) is 14.3. The number of aromatic amines is 1. The van der Waals surface area contributed by atoms with Crippen LogP contribution in [0.5, 0.6) is 0 Å². The molecular weight excluding hydrogens is 306 g/mol. The minimum absolute atomic E-state index is 0.358. The van der Waals surface area contributed by atoms with Crippen molar-refractivity contribution in [2.24, 2.45) is 5.92 Å². The first kappa shape index (κ1) is 18.0. The van der Waals surface area contributed by atoms with Crippen molar-refractivity contribution in [3.8, 4) is 0 Å². The summed E-state index contributed by atoms with van der Waals surface area (Å²) in [5, 5.41) is 16.1. The number of aliphatic hydroxyl groups excluding tert-OH is 1. The summed E-state index contributed by atoms with van der Waals surface area (Å²) in [5.41, 5.74) is 1.20. The SMILES string of the molecule is CC(C)CCNC(=O)[C@@H](NC(=O)c1cc2ccccc2[nH]1)[C@@H](C)O. The number of amides is 2. The molecule has 1 heterocycles. The van der Waals surface area contributed by atoms with Crippen molar-refractivity contribution in [2.75, 3.05) is 6.54 Å². The van der Waals surface area contributed by atoms with Crippen molar-refractivity contribution in [1.82, 2.24) is 15.6 Å². The zero-order chi connectivity index (χ0) is 17.7. The Balaban J connectivity index is 2.03. The molecule has 1 aromatic heterocycles. The van der Waals surface area contributed by atoms with Crippen molar-refractivity contribution >= 4 is 22.7 Å². The summed E-state index contributed by atoms with van der Waals surface area (Å²) >= 11 is 0. The van der Waals surface area contributed by atoms with Crippen molar-refractivity contribution in [3.63, 3.8) is 0 Å². The third-order valence-corrected chi connectivity index (χ3v) is 3.85. The Morgan fingerprint density at radius 1 is 1.21 bits per heavy atom. The van der Waals surface area contributed by atoms with E-state index in [-0.39, 0.29) is 5.91 Å². The second-order valence-corrected chi connectivity index (χ2v) is 6.44. The third kappa shape index (κ3) is 4.58. The Morgan fingerprint density at radius 2 is 1.92 bits per heavy atom. The normalized spacial score (nSPS) is 13.7. The highest BCUT2D eigenvalue weighted by atomic mass is 16.3. The quantitative estimate of drug-likeness (QED) is 0.623. The first-order valence-corrected chi connectivity index (χ1v) is 8.23. The Kier molecular flexibility index (Phi) is 5.98. The van der Waals surface area contributed by atoms with Crippen molar-refractivity contribution in [2.45, 2.75) is 39.3 Å². The number of nitrogens with one attached hydrogen (secondary N) is 3. The van der Waals surface area contributed by atoms with E-state index in [9.17, 15) is 14.7 Å². The topological polar surface area (TPSA) is 94.2 Å². The predicted octanol–water partition coefficient (Wildman–Crippen LogP) is 1.81. The number of para-hydroxylation sites is 1. The number of carbonyl (C=O) groups excluding carboxylic acids is 2. The molecule has 24 heavy (non-hydrogen) atoms. The highest BCUT2D eigenvalue weighted by Crippen LogP contribution is 2.14. The van der Waals surface area contributed by atoms with Gasteiger partial charge < -0.3 is 20.7 Å². The van der Waals surface area contributed by atoms with Crippen LogP contribution in [-0.2, 0) is 4.79 Å². The van der Waals surface area contributed by atoms with Crippen LogP contribution in [0.3, 0.4) is 0 Å². The summed E-state index contributed by atoms with van der Waals surface area (Å²) in [6.07, 6.45) is -0.147. The molecule has 0 fully saturated rings. The Bertz CT molecular complexity index is 673. The van der Waals surface area contributed by atoms with Gasteiger partial charge in [-0.1, -0.05) is 32.0 Å². The Hall–Kier alpha value is -2.34. The molecule has 0 spiro atoms. The van der Waals surface area contributed by atoms with Gasteiger partial charge in [0.2, 0.25) is 5.91 Å². The lowest BCUT2D eigenvalue weighted by Gasteiger charge is -2.20. The summed E-state index contributed by atoms with van der Waals surface area (Å²) in [6, 6.07) is 8.26. The van der Waals surface area contributed by atoms with E-state index in [0.29, 0.717) is 18.2 Å². The largest absolute Gasteiger partial charge is 0.391 e. The van der Waals surface area contributed by atoms with E-state index >= 15 is 0 Å². The van der Waals surface area contributed by atoms with E-state index in [2.05, 4.69) is 29.5 Å². The average molecular weight is 331 g/mol. The molecule has 0 saturated heterocycles. The number of H-pyrrole nitrogens is 1. The van der Waals surface area contributed by atoms with E-state index in [4.69, 9.17) is 0 Å². The molecule has 0 aliphatic carbocycles. The maximum atomic E-state index is 12.4. The minimum Gasteiger partial charge on any atom is -0.391 e. The summed E-state index contributed by atoms with van der Waals surface area (Å²) < 4.78 is 0. The number of rotatable bonds is 7. The second-order valence-electron chi connectivity index (χ2n) is 6.44. The summed E-state index contributed by atoms with van der Waals surface area (Å²) in [5.74, 6) is -0.331. The number of fused-ring (bicyclic) bond motifs is 1. The van der Waals surface area contributed by atoms with Crippen LogP contribution < -0.4 is 10.6 Å². The van der Waals surface area contributed by atoms with Gasteiger partial charge in [0.25, 0.3) is 5.91 Å². The number of aliphatic hydroxyl groups is 1. The molecule has 0 bridgehead atoms. The van der Waals surface area contributed by atoms with Crippen LogP contribution in [0.2, 0.25) is 0 Å². The van der Waals surface area contributed by atoms with Gasteiger partial charge in [-0.25, -0.2) is 0 Å². The van der Waals surface area contributed by atoms with Crippen LogP contribution >= 0.6 is 0 Å². The van der Waals surface area contributed by atoms with E-state index in [1.165, 1.54) is 6.92 Å². The molecule has 2 rings (SSSR count). The lowest BCUT2D eigenvalue weighted by Crippen LogP contribution is -2.52. The van der Waals surface area contributed by atoms with Crippen molar-refractivity contribution in [3.05, 3.63) is 36.0 Å². The highest BCUT2D eigenvalue weighted by molar-refractivity contribution is 6.00. The van der Waals surface area contributed by atoms with Gasteiger partial charge in [0.05, 0.1) is 6.10 Å². The van der Waals surface area contributed by atoms with E-state index < -0.39 is 18.1 Å². The second kappa shape index (κ2) is 7.97. The Labute approximate surface area is 141 Å². The Morgan fingerprint density at radius 3 is 2.54 bits per heavy atom.